The molecule has 0 heterocycles. The van der Waals surface area contributed by atoms with Crippen molar-refractivity contribution in [3.05, 3.63) is 51.8 Å². The maximum absolute atomic E-state index is 14.2. The average Bonchev–Trinajstić information content (AvgIpc) is 3.35. The third-order valence-electron chi connectivity index (χ3n) is 7.11. The van der Waals surface area contributed by atoms with Gasteiger partial charge >= 0.3 is 0 Å². The number of carbonyl (C=O) groups is 1. The van der Waals surface area contributed by atoms with Gasteiger partial charge in [0.2, 0.25) is 0 Å². The zero-order chi connectivity index (χ0) is 33.4. The zero-order valence-corrected chi connectivity index (χ0v) is 28.7. The number of benzene rings is 2. The van der Waals surface area contributed by atoms with E-state index in [0.29, 0.717) is 56.0 Å². The Morgan fingerprint density at radius 1 is 1.00 bits per heavy atom. The Kier molecular flexibility index (Phi) is 16.7. The van der Waals surface area contributed by atoms with E-state index in [1.165, 1.54) is 0 Å². The summed E-state index contributed by atoms with van der Waals surface area (Å²) in [6.07, 6.45) is 4.11. The molecule has 8 heteroatoms. The summed E-state index contributed by atoms with van der Waals surface area (Å²) in [7, 11) is 1.68. The largest absolute Gasteiger partial charge is 0.496 e. The Bertz CT molecular complexity index is 1270. The van der Waals surface area contributed by atoms with Crippen LogP contribution in [0.1, 0.15) is 114 Å². The van der Waals surface area contributed by atoms with Crippen LogP contribution >= 0.6 is 0 Å². The van der Waals surface area contributed by atoms with E-state index in [-0.39, 0.29) is 16.9 Å². The van der Waals surface area contributed by atoms with E-state index in [2.05, 4.69) is 45.6 Å². The van der Waals surface area contributed by atoms with Gasteiger partial charge in [0.1, 0.15) is 5.75 Å². The number of Topliss-reactive ketones (excluding diaryl/α,β-unsaturated/α-hetero) is 1. The highest BCUT2D eigenvalue weighted by molar-refractivity contribution is 6.03. The van der Waals surface area contributed by atoms with Crippen molar-refractivity contribution in [2.24, 2.45) is 0 Å². The molecule has 1 N–H and O–H groups in total. The van der Waals surface area contributed by atoms with Gasteiger partial charge in [-0.3, -0.25) is 9.69 Å². The zero-order valence-electron chi connectivity index (χ0n) is 28.7. The minimum Gasteiger partial charge on any atom is -0.496 e. The Balaban J connectivity index is 0.000000343. The number of carbonyl (C=O) groups excluding carboxylic acids is 1. The van der Waals surface area contributed by atoms with Gasteiger partial charge in [-0.1, -0.05) is 41.5 Å². The highest BCUT2D eigenvalue weighted by Crippen LogP contribution is 2.39. The van der Waals surface area contributed by atoms with Gasteiger partial charge in [0, 0.05) is 28.8 Å². The number of hydrogen-bond donors (Lipinski definition) is 1. The van der Waals surface area contributed by atoms with Crippen LogP contribution in [0, 0.1) is 29.5 Å². The fourth-order valence-corrected chi connectivity index (χ4v) is 5.08. The maximum atomic E-state index is 14.2. The molecule has 244 valence electrons. The topological polar surface area (TPSA) is 95.6 Å². The first-order valence-corrected chi connectivity index (χ1v) is 15.8. The van der Waals surface area contributed by atoms with E-state index in [1.807, 2.05) is 32.9 Å². The lowest BCUT2D eigenvalue weighted by molar-refractivity contribution is 0.0988. The first-order chi connectivity index (χ1) is 20.8. The minimum absolute atomic E-state index is 0.0276. The summed E-state index contributed by atoms with van der Waals surface area (Å²) < 4.78 is 30.4. The molecule has 0 radical (unpaired) electrons. The number of hydrogen-bond acceptors (Lipinski definition) is 7. The van der Waals surface area contributed by atoms with Crippen molar-refractivity contribution in [2.45, 2.75) is 99.8 Å². The van der Waals surface area contributed by atoms with Crippen LogP contribution in [0.15, 0.2) is 18.2 Å². The summed E-state index contributed by atoms with van der Waals surface area (Å²) in [5, 5.41) is 16.1. The molecule has 0 aliphatic heterocycles. The van der Waals surface area contributed by atoms with Gasteiger partial charge in [-0.25, -0.2) is 4.39 Å². The van der Waals surface area contributed by atoms with Crippen LogP contribution in [0.5, 0.6) is 17.2 Å². The predicted octanol–water partition coefficient (Wildman–Crippen LogP) is 8.46. The van der Waals surface area contributed by atoms with Crippen LogP contribution in [0.25, 0.3) is 0 Å². The molecule has 1 aliphatic carbocycles. The molecule has 3 rings (SSSR count). The monoisotopic (exact) mass is 611 g/mol. The molecule has 2 aromatic rings. The molecule has 0 fully saturated rings. The summed E-state index contributed by atoms with van der Waals surface area (Å²) >= 11 is 0. The highest BCUT2D eigenvalue weighted by Gasteiger charge is 2.27. The first-order valence-electron chi connectivity index (χ1n) is 15.8. The van der Waals surface area contributed by atoms with Crippen molar-refractivity contribution >= 4 is 11.5 Å². The third kappa shape index (κ3) is 10.9. The number of methoxy groups -OCH3 is 1. The summed E-state index contributed by atoms with van der Waals surface area (Å²) in [6.45, 7) is 21.7. The van der Waals surface area contributed by atoms with Gasteiger partial charge in [0.05, 0.1) is 32.9 Å². The average molecular weight is 612 g/mol. The number of nitrogens with one attached hydrogen (secondary N) is 1. The van der Waals surface area contributed by atoms with Gasteiger partial charge in [-0.2, -0.15) is 5.26 Å². The van der Waals surface area contributed by atoms with E-state index in [9.17, 15) is 9.18 Å². The molecule has 0 atom stereocenters. The van der Waals surface area contributed by atoms with Gasteiger partial charge < -0.3 is 19.6 Å². The molecule has 0 aromatic heterocycles. The summed E-state index contributed by atoms with van der Waals surface area (Å²) in [6, 6.07) is 7.85. The van der Waals surface area contributed by atoms with Crippen LogP contribution in [-0.2, 0) is 11.8 Å². The molecule has 0 amide bonds. The lowest BCUT2D eigenvalue weighted by Crippen LogP contribution is -2.25. The van der Waals surface area contributed by atoms with Crippen LogP contribution < -0.4 is 14.2 Å². The van der Waals surface area contributed by atoms with Crippen molar-refractivity contribution in [1.29, 1.82) is 10.7 Å². The number of fused-ring (bicyclic) bond motifs is 1. The van der Waals surface area contributed by atoms with Crippen molar-refractivity contribution in [1.82, 2.24) is 4.90 Å². The Labute approximate surface area is 265 Å². The fourth-order valence-electron chi connectivity index (χ4n) is 5.08. The Morgan fingerprint density at radius 3 is 2.09 bits per heavy atom. The molecule has 2 aromatic carbocycles. The molecular formula is C36H54FN3O4. The van der Waals surface area contributed by atoms with Crippen LogP contribution in [0.4, 0.5) is 4.39 Å². The molecule has 1 aliphatic rings. The number of aryl methyl sites for hydroxylation is 2. The fraction of sp³-hybridized carbons (Fsp3) is 0.583. The van der Waals surface area contributed by atoms with E-state index in [0.717, 1.165) is 53.9 Å². The number of nitriles is 1. The highest BCUT2D eigenvalue weighted by atomic mass is 19.1. The smallest absolute Gasteiger partial charge is 0.197 e. The first kappa shape index (κ1) is 38.6. The third-order valence-corrected chi connectivity index (χ3v) is 7.11. The van der Waals surface area contributed by atoms with E-state index >= 15 is 0 Å². The SMILES string of the molecule is CCC(=O)c1cc(C)c(OC)c(C(C)(C)C)c1.CCCN(CC#N)CCC.CCOc1cc2c(c(F)c1OCC)C(=N)CC2. The van der Waals surface area contributed by atoms with Crippen LogP contribution in [-0.4, -0.2) is 56.4 Å². The molecule has 7 nitrogen and oxygen atoms in total. The maximum Gasteiger partial charge on any atom is 0.197 e. The van der Waals surface area contributed by atoms with Crippen molar-refractivity contribution < 1.29 is 23.4 Å². The second kappa shape index (κ2) is 19.1. The van der Waals surface area contributed by atoms with Crippen LogP contribution in [0.2, 0.25) is 0 Å². The van der Waals surface area contributed by atoms with Gasteiger partial charge in [-0.15, -0.1) is 0 Å². The lowest BCUT2D eigenvalue weighted by Gasteiger charge is -2.24. The van der Waals surface area contributed by atoms with Crippen LogP contribution in [0.3, 0.4) is 0 Å². The van der Waals surface area contributed by atoms with E-state index in [1.54, 1.807) is 20.1 Å². The van der Waals surface area contributed by atoms with Crippen molar-refractivity contribution in [3.8, 4) is 23.3 Å². The van der Waals surface area contributed by atoms with Gasteiger partial charge in [0.15, 0.2) is 23.1 Å². The lowest BCUT2D eigenvalue weighted by atomic mass is 9.83. The van der Waals surface area contributed by atoms with Crippen molar-refractivity contribution in [3.63, 3.8) is 0 Å². The molecule has 0 spiro atoms. The summed E-state index contributed by atoms with van der Waals surface area (Å²) in [5.41, 5.74) is 4.47. The molecule has 44 heavy (non-hydrogen) atoms. The quantitative estimate of drug-likeness (QED) is 0.191. The van der Waals surface area contributed by atoms with Gasteiger partial charge in [-0.05, 0) is 94.3 Å². The van der Waals surface area contributed by atoms with E-state index in [4.69, 9.17) is 24.9 Å². The number of ether oxygens (including phenoxy) is 3. The standard InChI is InChI=1S/C15H22O2.C13H16FNO2.C8H16N2/c1-7-13(16)11-8-10(2)14(17-6)12(9-11)15(3,4)5;1-3-16-10-7-8-5-6-9(15)11(8)12(14)13(10)17-4-2;1-3-6-10(7-4-2)8-5-9/h8-9H,7H2,1-6H3;7,15H,3-6H2,1-2H3;3-4,6-8H2,1-2H3. The molecule has 0 unspecified atom stereocenters. The Morgan fingerprint density at radius 2 is 1.61 bits per heavy atom. The normalized spacial score (nSPS) is 11.9. The predicted molar refractivity (Wildman–Crippen MR) is 178 cm³/mol. The summed E-state index contributed by atoms with van der Waals surface area (Å²) in [5.74, 6) is 1.21. The van der Waals surface area contributed by atoms with Gasteiger partial charge in [0.25, 0.3) is 0 Å². The second-order valence-electron chi connectivity index (χ2n) is 11.7. The number of halogens is 1. The number of nitrogens with zero attached hydrogens (tertiary/aromatic N) is 2. The minimum atomic E-state index is -0.449. The molecule has 0 saturated heterocycles. The number of rotatable bonds is 12. The number of ketones is 1. The Hall–Kier alpha value is -3.44. The second-order valence-corrected chi connectivity index (χ2v) is 11.7. The molecular weight excluding hydrogens is 557 g/mol. The molecule has 0 bridgehead atoms. The van der Waals surface area contributed by atoms with E-state index < -0.39 is 5.82 Å². The molecule has 0 saturated carbocycles. The van der Waals surface area contributed by atoms with Crippen molar-refractivity contribution in [2.75, 3.05) is 40.0 Å². The summed E-state index contributed by atoms with van der Waals surface area (Å²) in [4.78, 5) is 14.0.